The van der Waals surface area contributed by atoms with Crippen LogP contribution in [0.2, 0.25) is 0 Å². The van der Waals surface area contributed by atoms with Crippen molar-refractivity contribution in [3.05, 3.63) is 0 Å². The summed E-state index contributed by atoms with van der Waals surface area (Å²) in [6, 6.07) is 0. The Morgan fingerprint density at radius 3 is 0.886 bits per heavy atom. The van der Waals surface area contributed by atoms with Crippen LogP contribution in [0.25, 0.3) is 0 Å². The van der Waals surface area contributed by atoms with Crippen molar-refractivity contribution < 1.29 is 60.5 Å². The highest BCUT2D eigenvalue weighted by Gasteiger charge is 1.96. The first-order chi connectivity index (χ1) is 16.8. The van der Waals surface area contributed by atoms with Crippen LogP contribution in [-0.2, 0) is 48.3 Å². The van der Waals surface area contributed by atoms with Crippen molar-refractivity contribution in [1.29, 1.82) is 0 Å². The summed E-state index contributed by atoms with van der Waals surface area (Å²) in [5, 5.41) is 8.54. The molecule has 0 atom stereocenters. The Hall–Kier alpha value is -0.490. The van der Waals surface area contributed by atoms with Crippen molar-refractivity contribution in [3.8, 4) is 0 Å². The average Bonchev–Trinajstić information content (AvgIpc) is 2.78. The molecular weight excluding hydrogens is 492 g/mol. The van der Waals surface area contributed by atoms with Gasteiger partial charge in [0.1, 0.15) is 0 Å². The van der Waals surface area contributed by atoms with Gasteiger partial charge in [0.2, 0.25) is 0 Å². The van der Waals surface area contributed by atoms with Gasteiger partial charge < -0.3 is 43.0 Å². The minimum Gasteiger partial charge on any atom is -0.394 e. The van der Waals surface area contributed by atoms with E-state index in [1.807, 2.05) is 0 Å². The quantitative estimate of drug-likeness (QED) is 0.103. The summed E-state index contributed by atoms with van der Waals surface area (Å²) in [5.41, 5.74) is 0. The lowest BCUT2D eigenvalue weighted by atomic mass is 10.1. The number of aliphatic hydroxyl groups excluding tert-OH is 1. The normalized spacial score (nSPS) is 11.6. The van der Waals surface area contributed by atoms with Crippen molar-refractivity contribution in [1.82, 2.24) is 0 Å². The maximum Gasteiger partial charge on any atom is 0.394 e. The summed E-state index contributed by atoms with van der Waals surface area (Å²) >= 11 is 0. The molecule has 0 aliphatic heterocycles. The molecule has 13 nitrogen and oxygen atoms in total. The van der Waals surface area contributed by atoms with Crippen LogP contribution < -0.4 is 0 Å². The first-order valence-electron chi connectivity index (χ1n) is 11.7. The first-order valence-corrected chi connectivity index (χ1v) is 13.1. The summed E-state index contributed by atoms with van der Waals surface area (Å²) in [7, 11) is -4.67. The molecule has 0 unspecified atom stereocenters. The van der Waals surface area contributed by atoms with E-state index in [2.05, 4.69) is 13.8 Å². The summed E-state index contributed by atoms with van der Waals surface area (Å²) in [4.78, 5) is 0. The second kappa shape index (κ2) is 29.7. The van der Waals surface area contributed by atoms with E-state index in [0.717, 1.165) is 13.0 Å². The molecular formula is C21H46O13S. The maximum absolute atomic E-state index is 8.74. The highest BCUT2D eigenvalue weighted by Crippen LogP contribution is 1.98. The Morgan fingerprint density at radius 2 is 0.686 bits per heavy atom. The molecule has 35 heavy (non-hydrogen) atoms. The molecule has 0 aromatic rings. The lowest BCUT2D eigenvalue weighted by Gasteiger charge is -2.09. The van der Waals surface area contributed by atoms with E-state index < -0.39 is 10.4 Å². The summed E-state index contributed by atoms with van der Waals surface area (Å²) < 4.78 is 74.5. The van der Waals surface area contributed by atoms with Crippen molar-refractivity contribution in [3.63, 3.8) is 0 Å². The molecule has 0 aromatic carbocycles. The largest absolute Gasteiger partial charge is 0.394 e. The molecule has 0 radical (unpaired) electrons. The number of ether oxygens (including phenoxy) is 8. The number of hydrogen-bond donors (Lipinski definition) is 3. The highest BCUT2D eigenvalue weighted by molar-refractivity contribution is 7.79. The molecule has 3 N–H and O–H groups in total. The fraction of sp³-hybridized carbons (Fsp3) is 1.00. The zero-order chi connectivity index (χ0) is 26.5. The van der Waals surface area contributed by atoms with Gasteiger partial charge in [-0.3, -0.25) is 9.11 Å². The lowest BCUT2D eigenvalue weighted by molar-refractivity contribution is -0.0239. The molecule has 14 heteroatoms. The average molecular weight is 539 g/mol. The van der Waals surface area contributed by atoms with Crippen LogP contribution in [0.3, 0.4) is 0 Å². The number of aliphatic hydroxyl groups is 1. The molecule has 0 spiro atoms. The Morgan fingerprint density at radius 1 is 0.486 bits per heavy atom. The van der Waals surface area contributed by atoms with Crippen molar-refractivity contribution >= 4 is 10.4 Å². The third-order valence-corrected chi connectivity index (χ3v) is 3.68. The molecule has 0 amide bonds. The molecule has 0 rings (SSSR count). The van der Waals surface area contributed by atoms with Crippen LogP contribution in [0.15, 0.2) is 0 Å². The van der Waals surface area contributed by atoms with Gasteiger partial charge in [-0.15, -0.1) is 0 Å². The topological polar surface area (TPSA) is 169 Å². The fourth-order valence-corrected chi connectivity index (χ4v) is 2.03. The predicted octanol–water partition coefficient (Wildman–Crippen LogP) is 0.505. The van der Waals surface area contributed by atoms with Crippen LogP contribution in [-0.4, -0.2) is 135 Å². The van der Waals surface area contributed by atoms with Gasteiger partial charge in [0, 0.05) is 6.61 Å². The van der Waals surface area contributed by atoms with E-state index in [0.29, 0.717) is 105 Å². The standard InChI is InChI=1S/C21H44O9.H2O4S/c1-21(2)3-5-23-7-9-25-11-13-27-15-17-29-19-20-30-18-16-28-14-12-26-10-8-24-6-4-22;1-5(2,3)4/h21-22H,3-20H2,1-2H3;(H2,1,2,3,4). The van der Waals surface area contributed by atoms with Gasteiger partial charge in [0.05, 0.1) is 106 Å². The monoisotopic (exact) mass is 538 g/mol. The summed E-state index contributed by atoms with van der Waals surface area (Å²) in [6.07, 6.45) is 1.08. The second-order valence-electron chi connectivity index (χ2n) is 7.25. The SMILES string of the molecule is CC(C)CCOCCOCCOCCOCCOCCOCCOCCOCCO.O=S(=O)(O)O. The Bertz CT molecular complexity index is 484. The first kappa shape index (κ1) is 36.7. The molecule has 0 saturated carbocycles. The zero-order valence-corrected chi connectivity index (χ0v) is 22.0. The Labute approximate surface area is 209 Å². The van der Waals surface area contributed by atoms with Gasteiger partial charge in [-0.05, 0) is 12.3 Å². The maximum atomic E-state index is 8.74. The van der Waals surface area contributed by atoms with E-state index in [1.165, 1.54) is 0 Å². The second-order valence-corrected chi connectivity index (χ2v) is 8.15. The van der Waals surface area contributed by atoms with Crippen LogP contribution in [0.4, 0.5) is 0 Å². The lowest BCUT2D eigenvalue weighted by Crippen LogP contribution is -2.15. The molecule has 0 saturated heterocycles. The third kappa shape index (κ3) is 47.3. The van der Waals surface area contributed by atoms with Gasteiger partial charge in [-0.2, -0.15) is 8.42 Å². The Kier molecular flexibility index (Phi) is 31.2. The highest BCUT2D eigenvalue weighted by atomic mass is 32.3. The van der Waals surface area contributed by atoms with E-state index in [9.17, 15) is 0 Å². The molecule has 214 valence electrons. The van der Waals surface area contributed by atoms with Gasteiger partial charge in [-0.1, -0.05) is 13.8 Å². The van der Waals surface area contributed by atoms with E-state index in [1.54, 1.807) is 0 Å². The molecule has 0 fully saturated rings. The smallest absolute Gasteiger partial charge is 0.394 e. The zero-order valence-electron chi connectivity index (χ0n) is 21.1. The van der Waals surface area contributed by atoms with Gasteiger partial charge in [-0.25, -0.2) is 0 Å². The van der Waals surface area contributed by atoms with Gasteiger partial charge in [0.15, 0.2) is 0 Å². The molecule has 0 aromatic heterocycles. The van der Waals surface area contributed by atoms with E-state index >= 15 is 0 Å². The number of hydrogen-bond acceptors (Lipinski definition) is 11. The minimum absolute atomic E-state index is 0.0345. The van der Waals surface area contributed by atoms with Crippen molar-refractivity contribution in [2.45, 2.75) is 20.3 Å². The van der Waals surface area contributed by atoms with E-state index in [-0.39, 0.29) is 6.61 Å². The summed E-state index contributed by atoms with van der Waals surface area (Å²) in [5.74, 6) is 0.674. The Balaban J connectivity index is 0. The predicted molar refractivity (Wildman–Crippen MR) is 127 cm³/mol. The molecule has 0 aliphatic rings. The molecule has 0 aliphatic carbocycles. The molecule has 0 bridgehead atoms. The minimum atomic E-state index is -4.67. The molecule has 0 heterocycles. The van der Waals surface area contributed by atoms with Crippen molar-refractivity contribution in [2.75, 3.05) is 112 Å². The fourth-order valence-electron chi connectivity index (χ4n) is 2.03. The van der Waals surface area contributed by atoms with Crippen molar-refractivity contribution in [2.24, 2.45) is 5.92 Å². The van der Waals surface area contributed by atoms with Crippen LogP contribution in [0, 0.1) is 5.92 Å². The van der Waals surface area contributed by atoms with Gasteiger partial charge in [0.25, 0.3) is 0 Å². The number of rotatable bonds is 26. The van der Waals surface area contributed by atoms with Crippen LogP contribution in [0.5, 0.6) is 0 Å². The van der Waals surface area contributed by atoms with Crippen LogP contribution >= 0.6 is 0 Å². The summed E-state index contributed by atoms with van der Waals surface area (Å²) in [6.45, 7) is 13.1. The van der Waals surface area contributed by atoms with E-state index in [4.69, 9.17) is 60.5 Å². The van der Waals surface area contributed by atoms with Gasteiger partial charge >= 0.3 is 10.4 Å². The third-order valence-electron chi connectivity index (χ3n) is 3.68. The van der Waals surface area contributed by atoms with Crippen LogP contribution in [0.1, 0.15) is 20.3 Å².